The summed E-state index contributed by atoms with van der Waals surface area (Å²) in [5.41, 5.74) is -1.20. The van der Waals surface area contributed by atoms with Gasteiger partial charge in [0.15, 0.2) is 22.9 Å². The van der Waals surface area contributed by atoms with Gasteiger partial charge in [0.1, 0.15) is 16.5 Å². The molecule has 1 amide bonds. The minimum atomic E-state index is -3.93. The van der Waals surface area contributed by atoms with Gasteiger partial charge in [-0.3, -0.25) is 18.2 Å². The number of sulfonamides is 2. The van der Waals surface area contributed by atoms with Crippen molar-refractivity contribution < 1.29 is 31.2 Å². The van der Waals surface area contributed by atoms with E-state index in [2.05, 4.69) is 15.3 Å². The van der Waals surface area contributed by atoms with Crippen molar-refractivity contribution in [3.8, 4) is 17.1 Å². The molecule has 0 saturated heterocycles. The molecule has 0 radical (unpaired) electrons. The van der Waals surface area contributed by atoms with Crippen LogP contribution in [0.15, 0.2) is 114 Å². The lowest BCUT2D eigenvalue weighted by atomic mass is 10.1. The molecule has 0 fully saturated rings. The zero-order valence-corrected chi connectivity index (χ0v) is 26.7. The predicted octanol–water partition coefficient (Wildman–Crippen LogP) is 2.63. The number of carbonyl (C=O) groups excluding carboxylic acids is 1. The van der Waals surface area contributed by atoms with E-state index in [-0.39, 0.29) is 54.8 Å². The largest absolute Gasteiger partial charge is 0.504 e. The summed E-state index contributed by atoms with van der Waals surface area (Å²) in [6, 6.07) is 17.0. The lowest BCUT2D eigenvalue weighted by Crippen LogP contribution is -2.41. The highest BCUT2D eigenvalue weighted by Crippen LogP contribution is 2.40. The minimum absolute atomic E-state index is 0.00751. The van der Waals surface area contributed by atoms with Crippen molar-refractivity contribution in [2.24, 2.45) is 0 Å². The Balaban J connectivity index is 0.000000166. The summed E-state index contributed by atoms with van der Waals surface area (Å²) in [5, 5.41) is 14.3. The third-order valence-electron chi connectivity index (χ3n) is 7.10. The number of hydrogen-bond acceptors (Lipinski definition) is 12. The predicted molar refractivity (Wildman–Crippen MR) is 171 cm³/mol. The lowest BCUT2D eigenvalue weighted by Gasteiger charge is -2.26. The van der Waals surface area contributed by atoms with Gasteiger partial charge in [-0.25, -0.2) is 31.6 Å². The number of hydrogen-bond donors (Lipinski definition) is 2. The van der Waals surface area contributed by atoms with Gasteiger partial charge in [-0.1, -0.05) is 24.3 Å². The molecule has 1 aromatic carbocycles. The first kappa shape index (κ1) is 31.4. The van der Waals surface area contributed by atoms with Crippen molar-refractivity contribution in [2.45, 2.75) is 9.79 Å². The Morgan fingerprint density at radius 2 is 1.51 bits per heavy atom. The third-order valence-corrected chi connectivity index (χ3v) is 11.8. The zero-order chi connectivity index (χ0) is 33.7. The quantitative estimate of drug-likeness (QED) is 0.281. The van der Waals surface area contributed by atoms with Crippen LogP contribution in [0.3, 0.4) is 0 Å². The van der Waals surface area contributed by atoms with Crippen molar-refractivity contribution in [2.75, 3.05) is 23.7 Å². The van der Waals surface area contributed by atoms with E-state index >= 15 is 0 Å². The van der Waals surface area contributed by atoms with Gasteiger partial charge in [-0.15, -0.1) is 11.3 Å². The molecule has 5 aromatic rings. The maximum Gasteiger partial charge on any atom is 0.428 e. The zero-order valence-electron chi connectivity index (χ0n) is 24.3. The number of nitrogens with one attached hydrogen (secondary N) is 1. The van der Waals surface area contributed by atoms with Crippen molar-refractivity contribution in [3.05, 3.63) is 116 Å². The molecule has 0 spiro atoms. The van der Waals surface area contributed by atoms with Gasteiger partial charge in [0, 0.05) is 32.1 Å². The number of anilines is 2. The van der Waals surface area contributed by atoms with Crippen LogP contribution in [-0.4, -0.2) is 60.8 Å². The number of aliphatic hydroxyl groups is 1. The number of nitrogens with zero attached hydrogens (tertiary/aromatic N) is 5. The van der Waals surface area contributed by atoms with Crippen molar-refractivity contribution in [3.63, 3.8) is 0 Å². The molecule has 47 heavy (non-hydrogen) atoms. The Kier molecular flexibility index (Phi) is 7.78. The summed E-state index contributed by atoms with van der Waals surface area (Å²) in [6.45, 7) is 0. The number of pyridine rings is 2. The number of fused-ring (bicyclic) bond motifs is 4. The van der Waals surface area contributed by atoms with Crippen LogP contribution in [0, 0.1) is 0 Å². The molecule has 0 aliphatic carbocycles. The molecule has 4 aromatic heterocycles. The molecule has 2 aliphatic rings. The first-order valence-electron chi connectivity index (χ1n) is 13.4. The highest BCUT2D eigenvalue weighted by atomic mass is 32.2. The van der Waals surface area contributed by atoms with Gasteiger partial charge in [0.2, 0.25) is 0 Å². The fourth-order valence-corrected chi connectivity index (χ4v) is 8.76. The Bertz CT molecular complexity index is 2420. The van der Waals surface area contributed by atoms with Crippen LogP contribution >= 0.6 is 11.3 Å². The monoisotopic (exact) mass is 694 g/mol. The molecule has 0 saturated carbocycles. The molecule has 15 nitrogen and oxygen atoms in total. The summed E-state index contributed by atoms with van der Waals surface area (Å²) in [6.07, 6.45) is 2.90. The summed E-state index contributed by atoms with van der Waals surface area (Å²) in [4.78, 5) is 45.6. The van der Waals surface area contributed by atoms with Crippen LogP contribution in [0.1, 0.15) is 4.88 Å². The van der Waals surface area contributed by atoms with Gasteiger partial charge in [0.25, 0.3) is 31.5 Å². The molecule has 2 aliphatic heterocycles. The minimum Gasteiger partial charge on any atom is -0.504 e. The SMILES string of the molecule is CN1C(C(=O)Nc2ccccn2)=C(O)c2sccc2S1(=O)=O.CN1c2c(oc(=O)n(-c3ccccn3)c2=O)-c2ccccc2S1(=O)=O. The molecule has 18 heteroatoms. The topological polar surface area (TPSA) is 202 Å². The number of benzene rings is 1. The van der Waals surface area contributed by atoms with Gasteiger partial charge in [-0.2, -0.15) is 4.57 Å². The van der Waals surface area contributed by atoms with Crippen LogP contribution in [0.4, 0.5) is 11.5 Å². The van der Waals surface area contributed by atoms with Crippen molar-refractivity contribution in [1.82, 2.24) is 18.8 Å². The molecule has 0 bridgehead atoms. The summed E-state index contributed by atoms with van der Waals surface area (Å²) in [7, 11) is -5.32. The molecule has 0 unspecified atom stereocenters. The first-order valence-corrected chi connectivity index (χ1v) is 17.1. The van der Waals surface area contributed by atoms with Crippen LogP contribution in [0.5, 0.6) is 0 Å². The molecule has 2 N–H and O–H groups in total. The lowest BCUT2D eigenvalue weighted by molar-refractivity contribution is -0.113. The molecule has 0 atom stereocenters. The van der Waals surface area contributed by atoms with Crippen molar-refractivity contribution in [1.29, 1.82) is 0 Å². The second kappa shape index (κ2) is 11.6. The van der Waals surface area contributed by atoms with E-state index in [0.29, 0.717) is 4.57 Å². The molecular weight excluding hydrogens is 673 g/mol. The Morgan fingerprint density at radius 1 is 0.851 bits per heavy atom. The summed E-state index contributed by atoms with van der Waals surface area (Å²) >= 11 is 1.06. The molecule has 240 valence electrons. The number of amides is 1. The standard InChI is InChI=1S/C16H11N3O5S.C13H11N3O4S2/c1-18-13-14(10-6-2-3-7-11(10)25(18,22)23)24-16(21)19(15(13)20)12-8-4-5-9-17-12;1-16-10(13(18)15-9-4-2-3-6-14-9)11(17)12-8(5-7-21-12)22(16,19)20/h2-9H,1H3;2-7,17H,1H3,(H,14,15,18). The van der Waals surface area contributed by atoms with E-state index < -0.39 is 37.3 Å². The van der Waals surface area contributed by atoms with Crippen LogP contribution in [-0.2, 0) is 24.8 Å². The Hall–Kier alpha value is -5.59. The van der Waals surface area contributed by atoms with Gasteiger partial charge >= 0.3 is 5.76 Å². The fourth-order valence-electron chi connectivity index (χ4n) is 4.82. The first-order chi connectivity index (χ1) is 22.4. The number of thiophene rings is 1. The van der Waals surface area contributed by atoms with E-state index in [1.807, 2.05) is 0 Å². The highest BCUT2D eigenvalue weighted by Gasteiger charge is 2.39. The summed E-state index contributed by atoms with van der Waals surface area (Å²) in [5.74, 6) is -1.82. The third kappa shape index (κ3) is 5.17. The van der Waals surface area contributed by atoms with E-state index in [1.54, 1.807) is 47.8 Å². The number of likely N-dealkylation sites (N-methyl/N-ethyl adjacent to an activating group) is 1. The second-order valence-corrected chi connectivity index (χ2v) is 14.6. The maximum absolute atomic E-state index is 12.9. The highest BCUT2D eigenvalue weighted by molar-refractivity contribution is 7.93. The Morgan fingerprint density at radius 3 is 2.19 bits per heavy atom. The second-order valence-electron chi connectivity index (χ2n) is 9.80. The fraction of sp³-hybridized carbons (Fsp3) is 0.0690. The molecular formula is C29H22N6O9S3. The Labute approximate surface area is 270 Å². The number of carbonyl (C=O) groups is 1. The summed E-state index contributed by atoms with van der Waals surface area (Å²) < 4.78 is 57.8. The van der Waals surface area contributed by atoms with E-state index in [1.165, 1.54) is 50.8 Å². The van der Waals surface area contributed by atoms with E-state index in [9.17, 15) is 36.3 Å². The van der Waals surface area contributed by atoms with Crippen LogP contribution in [0.2, 0.25) is 0 Å². The van der Waals surface area contributed by atoms with Gasteiger partial charge in [0.05, 0.1) is 9.77 Å². The van der Waals surface area contributed by atoms with Crippen molar-refractivity contribution >= 4 is 54.6 Å². The number of rotatable bonds is 3. The molecule has 7 rings (SSSR count). The smallest absolute Gasteiger partial charge is 0.428 e. The van der Waals surface area contributed by atoms with Crippen LogP contribution in [0.25, 0.3) is 22.9 Å². The van der Waals surface area contributed by atoms with Gasteiger partial charge < -0.3 is 14.8 Å². The number of aromatic nitrogens is 3. The van der Waals surface area contributed by atoms with Gasteiger partial charge in [-0.05, 0) is 47.8 Å². The number of aliphatic hydroxyl groups excluding tert-OH is 1. The normalized spacial score (nSPS) is 15.4. The average molecular weight is 695 g/mol. The average Bonchev–Trinajstić information content (AvgIpc) is 3.56. The maximum atomic E-state index is 12.9. The molecule has 6 heterocycles. The van der Waals surface area contributed by atoms with E-state index in [4.69, 9.17) is 4.42 Å². The van der Waals surface area contributed by atoms with Crippen LogP contribution < -0.4 is 20.9 Å². The van der Waals surface area contributed by atoms with E-state index in [0.717, 1.165) is 19.9 Å².